The van der Waals surface area contributed by atoms with E-state index in [1.54, 1.807) is 26.0 Å². The molecule has 37 heavy (non-hydrogen) atoms. The smallest absolute Gasteiger partial charge is 0.313 e. The number of benzene rings is 2. The Morgan fingerprint density at radius 2 is 1.78 bits per heavy atom. The lowest BCUT2D eigenvalue weighted by Crippen LogP contribution is -2.13. The molecule has 188 valence electrons. The Morgan fingerprint density at radius 3 is 2.49 bits per heavy atom. The molecule has 0 saturated carbocycles. The van der Waals surface area contributed by atoms with Crippen LogP contribution in [0.5, 0.6) is 0 Å². The quantitative estimate of drug-likeness (QED) is 0.301. The first-order valence-corrected chi connectivity index (χ1v) is 11.8. The second kappa shape index (κ2) is 9.16. The topological polar surface area (TPSA) is 120 Å². The lowest BCUT2D eigenvalue weighted by molar-refractivity contribution is 0.587. The number of halogens is 1. The van der Waals surface area contributed by atoms with E-state index in [2.05, 4.69) is 20.5 Å². The molecule has 3 heterocycles. The summed E-state index contributed by atoms with van der Waals surface area (Å²) in [6.45, 7) is 9.12. The maximum atomic E-state index is 14.4. The maximum absolute atomic E-state index is 14.4. The molecule has 2 aromatic carbocycles. The minimum absolute atomic E-state index is 0.0563. The first-order valence-electron chi connectivity index (χ1n) is 11.8. The molecule has 0 aliphatic heterocycles. The van der Waals surface area contributed by atoms with E-state index in [1.807, 2.05) is 45.0 Å². The second-order valence-corrected chi connectivity index (χ2v) is 9.24. The van der Waals surface area contributed by atoms with Gasteiger partial charge in [-0.3, -0.25) is 4.79 Å². The van der Waals surface area contributed by atoms with Gasteiger partial charge >= 0.3 is 6.01 Å². The van der Waals surface area contributed by atoms with Crippen molar-refractivity contribution in [2.75, 3.05) is 11.1 Å². The number of pyridine rings is 1. The maximum Gasteiger partial charge on any atom is 0.313 e. The van der Waals surface area contributed by atoms with Crippen molar-refractivity contribution in [3.8, 4) is 22.9 Å². The predicted molar refractivity (Wildman–Crippen MR) is 141 cm³/mol. The van der Waals surface area contributed by atoms with Crippen molar-refractivity contribution in [2.45, 2.75) is 40.7 Å². The van der Waals surface area contributed by atoms with Gasteiger partial charge in [-0.25, -0.2) is 9.37 Å². The van der Waals surface area contributed by atoms with Gasteiger partial charge in [0, 0.05) is 22.4 Å². The van der Waals surface area contributed by atoms with Gasteiger partial charge in [-0.15, -0.1) is 5.10 Å². The summed E-state index contributed by atoms with van der Waals surface area (Å²) >= 11 is 0. The van der Waals surface area contributed by atoms with Gasteiger partial charge in [0.2, 0.25) is 0 Å². The van der Waals surface area contributed by atoms with E-state index in [9.17, 15) is 9.18 Å². The molecule has 3 N–H and O–H groups in total. The Hall–Kier alpha value is -4.53. The van der Waals surface area contributed by atoms with Crippen LogP contribution in [0.4, 0.5) is 16.1 Å². The fourth-order valence-corrected chi connectivity index (χ4v) is 4.38. The number of nitrogen functional groups attached to an aromatic ring is 1. The van der Waals surface area contributed by atoms with Crippen LogP contribution in [0, 0.1) is 33.5 Å². The highest BCUT2D eigenvalue weighted by Crippen LogP contribution is 2.34. The number of anilines is 2. The highest BCUT2D eigenvalue weighted by atomic mass is 19.1. The van der Waals surface area contributed by atoms with Crippen LogP contribution in [0.3, 0.4) is 0 Å². The summed E-state index contributed by atoms with van der Waals surface area (Å²) in [7, 11) is 0. The third kappa shape index (κ3) is 4.44. The van der Waals surface area contributed by atoms with Gasteiger partial charge < -0.3 is 19.9 Å². The van der Waals surface area contributed by atoms with Crippen molar-refractivity contribution < 1.29 is 13.2 Å². The zero-order chi connectivity index (χ0) is 26.4. The van der Waals surface area contributed by atoms with Gasteiger partial charge in [0.25, 0.3) is 5.89 Å². The van der Waals surface area contributed by atoms with Crippen LogP contribution in [-0.4, -0.2) is 15.2 Å². The Bertz CT molecular complexity index is 1720. The van der Waals surface area contributed by atoms with E-state index < -0.39 is 0 Å². The summed E-state index contributed by atoms with van der Waals surface area (Å²) in [5, 5.41) is 11.6. The summed E-state index contributed by atoms with van der Waals surface area (Å²) in [6.07, 6.45) is 0. The largest absolute Gasteiger partial charge is 0.455 e. The molecule has 0 unspecified atom stereocenters. The van der Waals surface area contributed by atoms with Crippen LogP contribution in [0.25, 0.3) is 33.9 Å². The van der Waals surface area contributed by atoms with Crippen LogP contribution in [0.2, 0.25) is 0 Å². The van der Waals surface area contributed by atoms with Crippen LogP contribution in [-0.2, 0) is 0 Å². The van der Waals surface area contributed by atoms with Gasteiger partial charge in [0.05, 0.1) is 17.1 Å². The normalized spacial score (nSPS) is 12.2. The lowest BCUT2D eigenvalue weighted by atomic mass is 9.98. The summed E-state index contributed by atoms with van der Waals surface area (Å²) in [5.41, 5.74) is 10.9. The molecule has 5 rings (SSSR count). The molecule has 0 saturated heterocycles. The first-order chi connectivity index (χ1) is 17.6. The van der Waals surface area contributed by atoms with E-state index >= 15 is 0 Å². The number of hydrogen-bond donors (Lipinski definition) is 2. The van der Waals surface area contributed by atoms with E-state index in [0.29, 0.717) is 44.8 Å². The zero-order valence-corrected chi connectivity index (χ0v) is 21.1. The molecule has 5 aromatic rings. The van der Waals surface area contributed by atoms with Crippen molar-refractivity contribution >= 4 is 22.7 Å². The summed E-state index contributed by atoms with van der Waals surface area (Å²) in [4.78, 5) is 18.0. The summed E-state index contributed by atoms with van der Waals surface area (Å²) in [5.74, 6) is 0.170. The van der Waals surface area contributed by atoms with Crippen molar-refractivity contribution in [2.24, 2.45) is 0 Å². The van der Waals surface area contributed by atoms with Crippen molar-refractivity contribution in [1.29, 1.82) is 0 Å². The van der Waals surface area contributed by atoms with Gasteiger partial charge in [0.15, 0.2) is 11.1 Å². The highest BCUT2D eigenvalue weighted by molar-refractivity contribution is 5.85. The zero-order valence-electron chi connectivity index (χ0n) is 21.1. The molecule has 0 aliphatic rings. The van der Waals surface area contributed by atoms with Gasteiger partial charge in [0.1, 0.15) is 17.2 Å². The first kappa shape index (κ1) is 24.2. The van der Waals surface area contributed by atoms with E-state index in [0.717, 1.165) is 16.8 Å². The molecule has 0 fully saturated rings. The average molecular weight is 500 g/mol. The molecule has 9 heteroatoms. The number of aromatic nitrogens is 3. The summed E-state index contributed by atoms with van der Waals surface area (Å²) in [6, 6.07) is 11.9. The van der Waals surface area contributed by atoms with Crippen molar-refractivity contribution in [3.05, 3.63) is 86.5 Å². The number of nitrogens with two attached hydrogens (primary N) is 1. The van der Waals surface area contributed by atoms with Crippen LogP contribution in [0.1, 0.15) is 40.9 Å². The number of nitrogens with one attached hydrogen (secondary N) is 1. The molecular formula is C28H26FN5O3. The number of rotatable bonds is 5. The Labute approximate surface area is 212 Å². The van der Waals surface area contributed by atoms with Gasteiger partial charge in [-0.1, -0.05) is 23.3 Å². The van der Waals surface area contributed by atoms with Crippen molar-refractivity contribution in [1.82, 2.24) is 15.2 Å². The van der Waals surface area contributed by atoms with Crippen LogP contribution in [0.15, 0.2) is 56.1 Å². The van der Waals surface area contributed by atoms with Crippen molar-refractivity contribution in [3.63, 3.8) is 0 Å². The SMILES string of the molecule is Cc1cc([C@@H](C)Nc2ccc(C)nc2-c2nnc(N)o2)c2oc(-c3ccc(C)c(F)c3)c(C)c(=O)c2c1. The Morgan fingerprint density at radius 1 is 1.00 bits per heavy atom. The molecule has 8 nitrogen and oxygen atoms in total. The molecule has 0 radical (unpaired) electrons. The third-order valence-corrected chi connectivity index (χ3v) is 6.34. The fourth-order valence-electron chi connectivity index (χ4n) is 4.38. The fraction of sp³-hybridized carbons (Fsp3) is 0.214. The minimum Gasteiger partial charge on any atom is -0.455 e. The number of hydrogen-bond acceptors (Lipinski definition) is 8. The highest BCUT2D eigenvalue weighted by Gasteiger charge is 2.21. The molecular weight excluding hydrogens is 473 g/mol. The van der Waals surface area contributed by atoms with Crippen LogP contribution >= 0.6 is 0 Å². The van der Waals surface area contributed by atoms with E-state index in [1.165, 1.54) is 6.07 Å². The summed E-state index contributed by atoms with van der Waals surface area (Å²) < 4.78 is 26.1. The standard InChI is InChI=1S/C28H26FN5O3/c1-13-10-19(17(5)32-22-9-7-15(3)31-23(22)27-33-34-28(30)37-27)26-20(11-13)24(35)16(4)25(36-26)18-8-6-14(2)21(29)12-18/h6-12,17,32H,1-5H3,(H2,30,34)/t17-/m1/s1. The Balaban J connectivity index is 1.65. The average Bonchev–Trinajstić information content (AvgIpc) is 3.30. The number of aryl methyl sites for hydroxylation is 3. The molecule has 0 bridgehead atoms. The van der Waals surface area contributed by atoms with Gasteiger partial charge in [-0.2, -0.15) is 0 Å². The number of fused-ring (bicyclic) bond motifs is 1. The van der Waals surface area contributed by atoms with Gasteiger partial charge in [-0.05, 0) is 70.0 Å². The molecule has 0 spiro atoms. The molecule has 0 amide bonds. The molecule has 3 aromatic heterocycles. The van der Waals surface area contributed by atoms with E-state index in [4.69, 9.17) is 14.6 Å². The third-order valence-electron chi connectivity index (χ3n) is 6.34. The monoisotopic (exact) mass is 499 g/mol. The predicted octanol–water partition coefficient (Wildman–Crippen LogP) is 6.03. The molecule has 0 aliphatic carbocycles. The Kier molecular flexibility index (Phi) is 5.99. The second-order valence-electron chi connectivity index (χ2n) is 9.24. The minimum atomic E-state index is -0.361. The number of nitrogens with zero attached hydrogens (tertiary/aromatic N) is 3. The molecule has 1 atom stereocenters. The van der Waals surface area contributed by atoms with Crippen LogP contribution < -0.4 is 16.5 Å². The lowest BCUT2D eigenvalue weighted by Gasteiger charge is -2.20. The van der Waals surface area contributed by atoms with E-state index in [-0.39, 0.29) is 29.2 Å².